The summed E-state index contributed by atoms with van der Waals surface area (Å²) in [6.45, 7) is 5.10. The minimum atomic E-state index is -1.04. The van der Waals surface area contributed by atoms with Crippen molar-refractivity contribution in [3.63, 3.8) is 0 Å². The molecule has 7 nitrogen and oxygen atoms in total. The summed E-state index contributed by atoms with van der Waals surface area (Å²) >= 11 is 0. The van der Waals surface area contributed by atoms with Gasteiger partial charge in [0.05, 0.1) is 12.7 Å². The fourth-order valence-electron chi connectivity index (χ4n) is 1.29. The van der Waals surface area contributed by atoms with Crippen molar-refractivity contribution >= 4 is 23.7 Å². The topological polar surface area (TPSA) is 94.6 Å². The molecule has 7 heteroatoms. The second-order valence-electron chi connectivity index (χ2n) is 4.85. The molecular formula is C13H16N2O5. The Morgan fingerprint density at radius 1 is 1.25 bits per heavy atom. The van der Waals surface area contributed by atoms with Crippen LogP contribution < -0.4 is 5.32 Å². The molecule has 0 aliphatic rings. The summed E-state index contributed by atoms with van der Waals surface area (Å²) < 4.78 is 9.39. The Labute approximate surface area is 116 Å². The number of pyridine rings is 1. The maximum atomic E-state index is 11.8. The summed E-state index contributed by atoms with van der Waals surface area (Å²) in [7, 11) is 1.09. The van der Waals surface area contributed by atoms with Crippen LogP contribution in [0.5, 0.6) is 0 Å². The van der Waals surface area contributed by atoms with Crippen LogP contribution >= 0.6 is 0 Å². The van der Waals surface area contributed by atoms with Gasteiger partial charge in [-0.25, -0.2) is 14.6 Å². The van der Waals surface area contributed by atoms with E-state index in [1.807, 2.05) is 0 Å². The van der Waals surface area contributed by atoms with Crippen molar-refractivity contribution in [3.8, 4) is 0 Å². The van der Waals surface area contributed by atoms with Crippen molar-refractivity contribution in [2.24, 2.45) is 0 Å². The summed E-state index contributed by atoms with van der Waals surface area (Å²) in [6, 6.07) is 2.83. The van der Waals surface area contributed by atoms with Gasteiger partial charge in [-0.2, -0.15) is 0 Å². The Morgan fingerprint density at radius 3 is 2.45 bits per heavy atom. The number of nitrogens with zero attached hydrogens (tertiary/aromatic N) is 1. The molecule has 1 N–H and O–H groups in total. The molecule has 20 heavy (non-hydrogen) atoms. The maximum Gasteiger partial charge on any atom is 0.413 e. The van der Waals surface area contributed by atoms with Crippen LogP contribution in [0.1, 0.15) is 31.1 Å². The first-order chi connectivity index (χ1) is 9.24. The molecule has 1 amide bonds. The molecule has 0 aliphatic heterocycles. The zero-order valence-electron chi connectivity index (χ0n) is 11.7. The van der Waals surface area contributed by atoms with Gasteiger partial charge >= 0.3 is 12.1 Å². The number of anilines is 1. The number of Topliss-reactive ketones (excluding diaryl/α,β-unsaturated/α-hetero) is 1. The third kappa shape index (κ3) is 4.34. The van der Waals surface area contributed by atoms with Crippen molar-refractivity contribution in [2.75, 3.05) is 12.4 Å². The Morgan fingerprint density at radius 2 is 1.90 bits per heavy atom. The van der Waals surface area contributed by atoms with E-state index >= 15 is 0 Å². The Hall–Kier alpha value is -2.44. The molecule has 0 fully saturated rings. The quantitative estimate of drug-likeness (QED) is 0.515. The predicted molar refractivity (Wildman–Crippen MR) is 70.4 cm³/mol. The number of aromatic nitrogens is 1. The van der Waals surface area contributed by atoms with Crippen LogP contribution in [0.4, 0.5) is 10.6 Å². The van der Waals surface area contributed by atoms with Crippen molar-refractivity contribution < 1.29 is 23.9 Å². The molecule has 0 spiro atoms. The Bertz CT molecular complexity index is 534. The van der Waals surface area contributed by atoms with Crippen LogP contribution in [0, 0.1) is 0 Å². The molecule has 1 aromatic rings. The monoisotopic (exact) mass is 280 g/mol. The van der Waals surface area contributed by atoms with Crippen LogP contribution in [-0.2, 0) is 14.3 Å². The van der Waals surface area contributed by atoms with E-state index in [9.17, 15) is 14.4 Å². The number of methoxy groups -OCH3 is 1. The van der Waals surface area contributed by atoms with Crippen LogP contribution in [0.2, 0.25) is 0 Å². The Kier molecular flexibility index (Phi) is 4.79. The number of nitrogens with one attached hydrogen (secondary N) is 1. The average Bonchev–Trinajstić information content (AvgIpc) is 2.35. The van der Waals surface area contributed by atoms with Gasteiger partial charge in [0.15, 0.2) is 0 Å². The minimum Gasteiger partial charge on any atom is -0.463 e. The van der Waals surface area contributed by atoms with E-state index in [-0.39, 0.29) is 11.4 Å². The second kappa shape index (κ2) is 6.14. The van der Waals surface area contributed by atoms with Crippen molar-refractivity contribution in [3.05, 3.63) is 23.9 Å². The summed E-state index contributed by atoms with van der Waals surface area (Å²) in [5, 5.41) is 2.33. The highest BCUT2D eigenvalue weighted by Crippen LogP contribution is 2.15. The fraction of sp³-hybridized carbons (Fsp3) is 0.385. The maximum absolute atomic E-state index is 11.8. The summed E-state index contributed by atoms with van der Waals surface area (Å²) in [5.41, 5.74) is -0.754. The zero-order chi connectivity index (χ0) is 15.3. The van der Waals surface area contributed by atoms with Gasteiger partial charge in [-0.15, -0.1) is 0 Å². The van der Waals surface area contributed by atoms with Crippen LogP contribution in [-0.4, -0.2) is 35.5 Å². The lowest BCUT2D eigenvalue weighted by molar-refractivity contribution is -0.135. The third-order valence-electron chi connectivity index (χ3n) is 2.04. The highest BCUT2D eigenvalue weighted by molar-refractivity contribution is 6.41. The van der Waals surface area contributed by atoms with E-state index in [4.69, 9.17) is 4.74 Å². The van der Waals surface area contributed by atoms with E-state index in [1.54, 1.807) is 20.8 Å². The molecule has 108 valence electrons. The van der Waals surface area contributed by atoms with Gasteiger partial charge in [0.1, 0.15) is 11.4 Å². The third-order valence-corrected chi connectivity index (χ3v) is 2.04. The lowest BCUT2D eigenvalue weighted by atomic mass is 10.1. The van der Waals surface area contributed by atoms with Crippen LogP contribution in [0.15, 0.2) is 18.3 Å². The normalized spacial score (nSPS) is 10.6. The number of rotatable bonds is 3. The summed E-state index contributed by atoms with van der Waals surface area (Å²) in [6.07, 6.45) is 0.607. The van der Waals surface area contributed by atoms with E-state index in [0.717, 1.165) is 7.11 Å². The highest BCUT2D eigenvalue weighted by atomic mass is 16.6. The molecule has 0 aliphatic carbocycles. The van der Waals surface area contributed by atoms with Crippen molar-refractivity contribution in [1.82, 2.24) is 4.98 Å². The van der Waals surface area contributed by atoms with Crippen LogP contribution in [0.25, 0.3) is 0 Å². The van der Waals surface area contributed by atoms with E-state index in [1.165, 1.54) is 18.3 Å². The molecule has 1 rings (SSSR count). The van der Waals surface area contributed by atoms with Gasteiger partial charge in [-0.3, -0.25) is 10.1 Å². The summed E-state index contributed by atoms with van der Waals surface area (Å²) in [5.74, 6) is -1.99. The zero-order valence-corrected chi connectivity index (χ0v) is 11.7. The number of ether oxygens (including phenoxy) is 2. The summed E-state index contributed by atoms with van der Waals surface area (Å²) in [4.78, 5) is 38.5. The molecule has 0 atom stereocenters. The molecule has 0 saturated carbocycles. The average molecular weight is 280 g/mol. The highest BCUT2D eigenvalue weighted by Gasteiger charge is 2.23. The Balaban J connectivity index is 2.94. The number of ketones is 1. The first-order valence-corrected chi connectivity index (χ1v) is 5.82. The van der Waals surface area contributed by atoms with Gasteiger partial charge in [0.2, 0.25) is 0 Å². The molecule has 0 aromatic carbocycles. The lowest BCUT2D eigenvalue weighted by Gasteiger charge is -2.19. The minimum absolute atomic E-state index is 0.0582. The van der Waals surface area contributed by atoms with E-state index < -0.39 is 23.4 Å². The second-order valence-corrected chi connectivity index (χ2v) is 4.85. The standard InChI is InChI=1S/C13H16N2O5/c1-13(2,3)20-12(18)15-10-8(6-5-7-14-10)9(16)11(17)19-4/h5-7H,1-4H3,(H,14,15,18). The molecule has 0 unspecified atom stereocenters. The van der Waals surface area contributed by atoms with E-state index in [0.29, 0.717) is 0 Å². The number of amides is 1. The molecule has 0 saturated heterocycles. The van der Waals surface area contributed by atoms with Gasteiger partial charge in [-0.1, -0.05) is 0 Å². The molecule has 1 heterocycles. The number of carbonyl (C=O) groups excluding carboxylic acids is 3. The van der Waals surface area contributed by atoms with Gasteiger partial charge < -0.3 is 9.47 Å². The molecule has 0 bridgehead atoms. The number of carbonyl (C=O) groups is 3. The SMILES string of the molecule is COC(=O)C(=O)c1cccnc1NC(=O)OC(C)(C)C. The van der Waals surface area contributed by atoms with Crippen molar-refractivity contribution in [1.29, 1.82) is 0 Å². The largest absolute Gasteiger partial charge is 0.463 e. The number of hydrogen-bond acceptors (Lipinski definition) is 6. The van der Waals surface area contributed by atoms with Crippen molar-refractivity contribution in [2.45, 2.75) is 26.4 Å². The lowest BCUT2D eigenvalue weighted by Crippen LogP contribution is -2.28. The van der Waals surface area contributed by atoms with E-state index in [2.05, 4.69) is 15.0 Å². The first kappa shape index (κ1) is 15.6. The molecule has 1 aromatic heterocycles. The van der Waals surface area contributed by atoms with Gasteiger partial charge in [-0.05, 0) is 32.9 Å². The van der Waals surface area contributed by atoms with Gasteiger partial charge in [0, 0.05) is 6.20 Å². The van der Waals surface area contributed by atoms with Crippen LogP contribution in [0.3, 0.4) is 0 Å². The molecule has 0 radical (unpaired) electrons. The number of esters is 1. The number of hydrogen-bond donors (Lipinski definition) is 1. The molecular weight excluding hydrogens is 264 g/mol. The smallest absolute Gasteiger partial charge is 0.413 e. The fourth-order valence-corrected chi connectivity index (χ4v) is 1.29. The first-order valence-electron chi connectivity index (χ1n) is 5.82. The van der Waals surface area contributed by atoms with Gasteiger partial charge in [0.25, 0.3) is 5.78 Å². The predicted octanol–water partition coefficient (Wildman–Crippen LogP) is 1.78.